The number of amides is 1. The summed E-state index contributed by atoms with van der Waals surface area (Å²) in [5, 5.41) is 10.0. The fraction of sp³-hybridized carbons (Fsp3) is 0.167. The first kappa shape index (κ1) is 20.6. The lowest BCUT2D eigenvalue weighted by atomic mass is 10.2. The van der Waals surface area contributed by atoms with Gasteiger partial charge in [0, 0.05) is 0 Å². The molecular formula is C18H18N4O5S2. The monoisotopic (exact) mass is 434 g/mol. The number of hydrogen-bond donors (Lipinski definition) is 2. The molecule has 0 aliphatic rings. The molecule has 1 amide bonds. The number of carbonyl (C=O) groups is 1. The van der Waals surface area contributed by atoms with Crippen molar-refractivity contribution in [1.82, 2.24) is 10.2 Å². The molecule has 1 aromatic heterocycles. The Bertz CT molecular complexity index is 1050. The Hall–Kier alpha value is -3.18. The molecule has 0 spiro atoms. The molecule has 9 nitrogen and oxygen atoms in total. The third-order valence-electron chi connectivity index (χ3n) is 3.39. The summed E-state index contributed by atoms with van der Waals surface area (Å²) in [6, 6.07) is 16.7. The second-order valence-electron chi connectivity index (χ2n) is 5.87. The summed E-state index contributed by atoms with van der Waals surface area (Å²) in [6.07, 6.45) is 0.998. The second kappa shape index (κ2) is 9.34. The largest absolute Gasteiger partial charge is 0.489 e. The Balaban J connectivity index is 1.44. The number of nitrogens with zero attached hydrogens (tertiary/aromatic N) is 2. The average molecular weight is 434 g/mol. The molecule has 0 fully saturated rings. The maximum Gasteiger partial charge on any atom is 0.264 e. The first-order chi connectivity index (χ1) is 13.9. The molecule has 11 heteroatoms. The van der Waals surface area contributed by atoms with Crippen molar-refractivity contribution in [3.63, 3.8) is 0 Å². The van der Waals surface area contributed by atoms with Crippen LogP contribution >= 0.6 is 11.3 Å². The molecule has 0 aliphatic heterocycles. The summed E-state index contributed by atoms with van der Waals surface area (Å²) < 4.78 is 35.6. The Labute approximate surface area is 171 Å². The molecule has 0 aliphatic carbocycles. The molecule has 0 saturated heterocycles. The molecule has 0 bridgehead atoms. The van der Waals surface area contributed by atoms with Gasteiger partial charge in [0.25, 0.3) is 5.91 Å². The lowest BCUT2D eigenvalue weighted by Crippen LogP contribution is -2.20. The van der Waals surface area contributed by atoms with E-state index < -0.39 is 15.9 Å². The molecule has 0 saturated carbocycles. The van der Waals surface area contributed by atoms with Crippen molar-refractivity contribution in [3.05, 3.63) is 60.2 Å². The van der Waals surface area contributed by atoms with Gasteiger partial charge in [-0.25, -0.2) is 8.42 Å². The molecule has 2 N–H and O–H groups in total. The smallest absolute Gasteiger partial charge is 0.264 e. The third-order valence-corrected chi connectivity index (χ3v) is 4.83. The number of rotatable bonds is 9. The topological polar surface area (TPSA) is 120 Å². The molecule has 3 aromatic rings. The lowest BCUT2D eigenvalue weighted by molar-refractivity contribution is -0.118. The van der Waals surface area contributed by atoms with Crippen molar-refractivity contribution in [2.45, 2.75) is 6.61 Å². The Kier molecular flexibility index (Phi) is 6.62. The van der Waals surface area contributed by atoms with Crippen molar-refractivity contribution in [3.8, 4) is 11.5 Å². The van der Waals surface area contributed by atoms with Crippen molar-refractivity contribution in [1.29, 1.82) is 0 Å². The number of aromatic nitrogens is 2. The number of benzene rings is 2. The van der Waals surface area contributed by atoms with E-state index in [1.54, 1.807) is 24.3 Å². The Morgan fingerprint density at radius 2 is 1.59 bits per heavy atom. The first-order valence-corrected chi connectivity index (χ1v) is 11.1. The van der Waals surface area contributed by atoms with Crippen LogP contribution < -0.4 is 19.5 Å². The summed E-state index contributed by atoms with van der Waals surface area (Å²) in [4.78, 5) is 11.9. The van der Waals surface area contributed by atoms with E-state index in [0.717, 1.165) is 23.2 Å². The van der Waals surface area contributed by atoms with Gasteiger partial charge in [-0.2, -0.15) is 0 Å². The standard InChI is InChI=1S/C18H18N4O5S2/c1-29(24,25)22-18-21-20-17(28-18)19-16(23)12-27-15-9-7-14(8-10-15)26-11-13-5-3-2-4-6-13/h2-10H,11-12H2,1H3,(H,21,22)(H,19,20,23). The third kappa shape index (κ3) is 7.05. The summed E-state index contributed by atoms with van der Waals surface area (Å²) in [5.74, 6) is 0.741. The van der Waals surface area contributed by atoms with Crippen LogP contribution in [0.5, 0.6) is 11.5 Å². The summed E-state index contributed by atoms with van der Waals surface area (Å²) in [7, 11) is -3.45. The molecule has 0 atom stereocenters. The lowest BCUT2D eigenvalue weighted by Gasteiger charge is -2.08. The molecule has 0 unspecified atom stereocenters. The minimum atomic E-state index is -3.45. The molecule has 2 aromatic carbocycles. The number of ether oxygens (including phenoxy) is 2. The quantitative estimate of drug-likeness (QED) is 0.531. The fourth-order valence-electron chi connectivity index (χ4n) is 2.15. The van der Waals surface area contributed by atoms with E-state index in [-0.39, 0.29) is 16.9 Å². The van der Waals surface area contributed by atoms with Gasteiger partial charge in [0.1, 0.15) is 18.1 Å². The SMILES string of the molecule is CS(=O)(=O)Nc1nnc(NC(=O)COc2ccc(OCc3ccccc3)cc2)s1. The number of anilines is 2. The molecule has 3 rings (SSSR count). The highest BCUT2D eigenvalue weighted by atomic mass is 32.2. The molecule has 29 heavy (non-hydrogen) atoms. The van der Waals surface area contributed by atoms with Crippen LogP contribution in [0.2, 0.25) is 0 Å². The predicted octanol–water partition coefficient (Wildman–Crippen LogP) is 2.51. The highest BCUT2D eigenvalue weighted by Gasteiger charge is 2.11. The normalized spacial score (nSPS) is 10.9. The van der Waals surface area contributed by atoms with Gasteiger partial charge in [-0.05, 0) is 29.8 Å². The van der Waals surface area contributed by atoms with Crippen LogP contribution in [0.1, 0.15) is 5.56 Å². The number of carbonyl (C=O) groups excluding carboxylic acids is 1. The van der Waals surface area contributed by atoms with Crippen LogP contribution in [-0.4, -0.2) is 37.4 Å². The van der Waals surface area contributed by atoms with E-state index in [9.17, 15) is 13.2 Å². The first-order valence-electron chi connectivity index (χ1n) is 8.38. The van der Waals surface area contributed by atoms with Gasteiger partial charge in [-0.15, -0.1) is 10.2 Å². The number of sulfonamides is 1. The molecule has 0 radical (unpaired) electrons. The molecular weight excluding hydrogens is 416 g/mol. The van der Waals surface area contributed by atoms with E-state index in [2.05, 4.69) is 20.2 Å². The van der Waals surface area contributed by atoms with Crippen molar-refractivity contribution in [2.75, 3.05) is 22.9 Å². The second-order valence-corrected chi connectivity index (χ2v) is 8.60. The van der Waals surface area contributed by atoms with Crippen molar-refractivity contribution in [2.24, 2.45) is 0 Å². The van der Waals surface area contributed by atoms with Gasteiger partial charge in [0.05, 0.1) is 6.26 Å². The van der Waals surface area contributed by atoms with Gasteiger partial charge in [0.2, 0.25) is 20.3 Å². The zero-order chi connectivity index (χ0) is 20.7. The minimum Gasteiger partial charge on any atom is -0.489 e. The van der Waals surface area contributed by atoms with Crippen LogP contribution in [0.15, 0.2) is 54.6 Å². The van der Waals surface area contributed by atoms with Gasteiger partial charge < -0.3 is 9.47 Å². The van der Waals surface area contributed by atoms with E-state index in [4.69, 9.17) is 9.47 Å². The fourth-order valence-corrected chi connectivity index (χ4v) is 3.64. The highest BCUT2D eigenvalue weighted by molar-refractivity contribution is 7.92. The highest BCUT2D eigenvalue weighted by Crippen LogP contribution is 2.21. The van der Waals surface area contributed by atoms with E-state index in [1.807, 2.05) is 30.3 Å². The van der Waals surface area contributed by atoms with Gasteiger partial charge in [0.15, 0.2) is 6.61 Å². The van der Waals surface area contributed by atoms with Crippen LogP contribution in [0, 0.1) is 0 Å². The van der Waals surface area contributed by atoms with Crippen LogP contribution in [0.4, 0.5) is 10.3 Å². The Morgan fingerprint density at radius 1 is 0.966 bits per heavy atom. The molecule has 1 heterocycles. The van der Waals surface area contributed by atoms with Crippen LogP contribution in [-0.2, 0) is 21.4 Å². The zero-order valence-corrected chi connectivity index (χ0v) is 17.0. The maximum absolute atomic E-state index is 11.9. The molecule has 152 valence electrons. The van der Waals surface area contributed by atoms with Gasteiger partial charge in [-0.3, -0.25) is 14.8 Å². The van der Waals surface area contributed by atoms with Crippen LogP contribution in [0.25, 0.3) is 0 Å². The summed E-state index contributed by atoms with van der Waals surface area (Å²) in [5.41, 5.74) is 1.07. The number of hydrogen-bond acceptors (Lipinski definition) is 8. The van der Waals surface area contributed by atoms with E-state index >= 15 is 0 Å². The van der Waals surface area contributed by atoms with E-state index in [0.29, 0.717) is 18.1 Å². The predicted molar refractivity (Wildman–Crippen MR) is 110 cm³/mol. The van der Waals surface area contributed by atoms with Crippen molar-refractivity contribution >= 4 is 37.5 Å². The number of nitrogens with one attached hydrogen (secondary N) is 2. The minimum absolute atomic E-state index is 0.0646. The summed E-state index contributed by atoms with van der Waals surface area (Å²) in [6.45, 7) is 0.222. The van der Waals surface area contributed by atoms with E-state index in [1.165, 1.54) is 0 Å². The van der Waals surface area contributed by atoms with Gasteiger partial charge in [-0.1, -0.05) is 41.7 Å². The summed E-state index contributed by atoms with van der Waals surface area (Å²) >= 11 is 0.899. The van der Waals surface area contributed by atoms with Crippen molar-refractivity contribution < 1.29 is 22.7 Å². The zero-order valence-electron chi connectivity index (χ0n) is 15.4. The van der Waals surface area contributed by atoms with Crippen LogP contribution in [0.3, 0.4) is 0 Å². The average Bonchev–Trinajstić information content (AvgIpc) is 3.11. The van der Waals surface area contributed by atoms with Gasteiger partial charge >= 0.3 is 0 Å². The Morgan fingerprint density at radius 3 is 2.24 bits per heavy atom. The maximum atomic E-state index is 11.9.